The first-order chi connectivity index (χ1) is 12.3. The Morgan fingerprint density at radius 2 is 2.12 bits per heavy atom. The summed E-state index contributed by atoms with van der Waals surface area (Å²) in [5, 5.41) is 15.5. The first kappa shape index (κ1) is 18.2. The van der Waals surface area contributed by atoms with Gasteiger partial charge in [-0.05, 0) is 49.1 Å². The molecule has 1 fully saturated rings. The van der Waals surface area contributed by atoms with E-state index in [0.717, 1.165) is 44.9 Å². The molecule has 1 aliphatic heterocycles. The second-order valence-corrected chi connectivity index (χ2v) is 6.86. The van der Waals surface area contributed by atoms with Gasteiger partial charge in [0.1, 0.15) is 5.75 Å². The summed E-state index contributed by atoms with van der Waals surface area (Å²) in [6.45, 7) is 8.00. The Labute approximate surface area is 150 Å². The molecule has 0 saturated carbocycles. The van der Waals surface area contributed by atoms with E-state index < -0.39 is 0 Å². The smallest absolute Gasteiger partial charge is 0.124 e. The summed E-state index contributed by atoms with van der Waals surface area (Å²) in [7, 11) is 0. The molecule has 4 heteroatoms. The van der Waals surface area contributed by atoms with Gasteiger partial charge in [0, 0.05) is 38.3 Å². The van der Waals surface area contributed by atoms with Crippen LogP contribution in [0.3, 0.4) is 0 Å². The molecule has 0 spiro atoms. The molecule has 2 N–H and O–H groups in total. The van der Waals surface area contributed by atoms with E-state index in [0.29, 0.717) is 19.1 Å². The Kier molecular flexibility index (Phi) is 6.68. The van der Waals surface area contributed by atoms with Crippen LogP contribution < -0.4 is 10.1 Å². The van der Waals surface area contributed by atoms with Crippen molar-refractivity contribution < 1.29 is 9.84 Å². The molecule has 3 rings (SSSR count). The molecule has 2 aromatic carbocycles. The minimum atomic E-state index is 0.317. The number of benzene rings is 2. The summed E-state index contributed by atoms with van der Waals surface area (Å²) in [6, 6.07) is 12.7. The van der Waals surface area contributed by atoms with Crippen molar-refractivity contribution in [2.45, 2.75) is 26.3 Å². The summed E-state index contributed by atoms with van der Waals surface area (Å²) in [5.74, 6) is 1.43. The molecule has 0 amide bonds. The summed E-state index contributed by atoms with van der Waals surface area (Å²) in [4.78, 5) is 2.46. The largest absolute Gasteiger partial charge is 0.494 e. The zero-order chi connectivity index (χ0) is 17.5. The van der Waals surface area contributed by atoms with Gasteiger partial charge >= 0.3 is 0 Å². The number of aliphatic hydroxyl groups excluding tert-OH is 1. The topological polar surface area (TPSA) is 44.7 Å². The van der Waals surface area contributed by atoms with Crippen molar-refractivity contribution in [1.82, 2.24) is 10.2 Å². The molecule has 0 aliphatic carbocycles. The average molecular weight is 342 g/mol. The third kappa shape index (κ3) is 4.72. The van der Waals surface area contributed by atoms with E-state index in [4.69, 9.17) is 4.74 Å². The van der Waals surface area contributed by atoms with Crippen LogP contribution in [-0.2, 0) is 6.54 Å². The van der Waals surface area contributed by atoms with Gasteiger partial charge in [-0.3, -0.25) is 0 Å². The Morgan fingerprint density at radius 1 is 1.24 bits per heavy atom. The Bertz CT molecular complexity index is 674. The maximum Gasteiger partial charge on any atom is 0.124 e. The van der Waals surface area contributed by atoms with E-state index in [1.807, 2.05) is 6.92 Å². The molecule has 4 nitrogen and oxygen atoms in total. The molecule has 25 heavy (non-hydrogen) atoms. The summed E-state index contributed by atoms with van der Waals surface area (Å²) < 4.78 is 5.84. The van der Waals surface area contributed by atoms with Crippen LogP contribution >= 0.6 is 0 Å². The average Bonchev–Trinajstić information content (AvgIpc) is 2.66. The number of hydrogen-bond acceptors (Lipinski definition) is 4. The molecule has 0 bridgehead atoms. The van der Waals surface area contributed by atoms with Gasteiger partial charge < -0.3 is 20.1 Å². The minimum Gasteiger partial charge on any atom is -0.494 e. The lowest BCUT2D eigenvalue weighted by Gasteiger charge is -2.31. The molecule has 1 atom stereocenters. The van der Waals surface area contributed by atoms with Crippen LogP contribution in [0, 0.1) is 5.92 Å². The fraction of sp³-hybridized carbons (Fsp3) is 0.524. The fourth-order valence-corrected chi connectivity index (χ4v) is 3.74. The van der Waals surface area contributed by atoms with Gasteiger partial charge in [0.05, 0.1) is 6.61 Å². The minimum absolute atomic E-state index is 0.317. The second kappa shape index (κ2) is 9.18. The maximum atomic E-state index is 9.35. The van der Waals surface area contributed by atoms with Crippen molar-refractivity contribution in [2.24, 2.45) is 5.92 Å². The number of nitrogens with one attached hydrogen (secondary N) is 1. The van der Waals surface area contributed by atoms with Gasteiger partial charge in [0.25, 0.3) is 0 Å². The van der Waals surface area contributed by atoms with Crippen molar-refractivity contribution >= 4 is 10.8 Å². The number of fused-ring (bicyclic) bond motifs is 1. The first-order valence-corrected chi connectivity index (χ1v) is 9.49. The van der Waals surface area contributed by atoms with E-state index in [9.17, 15) is 5.11 Å². The van der Waals surface area contributed by atoms with Crippen LogP contribution in [0.2, 0.25) is 0 Å². The SMILES string of the molecule is CCOc1ccc2ccccc2c1CNCCN1CCCC(CO)C1. The van der Waals surface area contributed by atoms with Crippen LogP contribution in [0.1, 0.15) is 25.3 Å². The zero-order valence-corrected chi connectivity index (χ0v) is 15.2. The summed E-state index contributed by atoms with van der Waals surface area (Å²) in [6.07, 6.45) is 2.36. The van der Waals surface area contributed by atoms with Crippen LogP contribution in [0.25, 0.3) is 10.8 Å². The summed E-state index contributed by atoms with van der Waals surface area (Å²) in [5.41, 5.74) is 1.24. The van der Waals surface area contributed by atoms with Crippen molar-refractivity contribution in [2.75, 3.05) is 39.4 Å². The van der Waals surface area contributed by atoms with Crippen LogP contribution in [0.5, 0.6) is 5.75 Å². The first-order valence-electron chi connectivity index (χ1n) is 9.49. The second-order valence-electron chi connectivity index (χ2n) is 6.86. The molecular weight excluding hydrogens is 312 g/mol. The Hall–Kier alpha value is -1.62. The van der Waals surface area contributed by atoms with E-state index in [1.54, 1.807) is 0 Å². The number of likely N-dealkylation sites (tertiary alicyclic amines) is 1. The van der Waals surface area contributed by atoms with Gasteiger partial charge in [0.2, 0.25) is 0 Å². The highest BCUT2D eigenvalue weighted by atomic mass is 16.5. The van der Waals surface area contributed by atoms with E-state index >= 15 is 0 Å². The predicted molar refractivity (Wildman–Crippen MR) is 103 cm³/mol. The summed E-state index contributed by atoms with van der Waals surface area (Å²) >= 11 is 0. The van der Waals surface area contributed by atoms with Gasteiger partial charge in [-0.1, -0.05) is 30.3 Å². The number of piperidine rings is 1. The van der Waals surface area contributed by atoms with E-state index in [2.05, 4.69) is 46.6 Å². The molecule has 0 radical (unpaired) electrons. The molecule has 0 aromatic heterocycles. The number of hydrogen-bond donors (Lipinski definition) is 2. The lowest BCUT2D eigenvalue weighted by Crippen LogP contribution is -2.40. The lowest BCUT2D eigenvalue weighted by atomic mass is 9.99. The highest BCUT2D eigenvalue weighted by Crippen LogP contribution is 2.28. The number of ether oxygens (including phenoxy) is 1. The molecule has 1 saturated heterocycles. The van der Waals surface area contributed by atoms with Gasteiger partial charge in [0.15, 0.2) is 0 Å². The van der Waals surface area contributed by atoms with Gasteiger partial charge in [-0.15, -0.1) is 0 Å². The number of nitrogens with zero attached hydrogens (tertiary/aromatic N) is 1. The van der Waals surface area contributed by atoms with Gasteiger partial charge in [-0.2, -0.15) is 0 Å². The monoisotopic (exact) mass is 342 g/mol. The van der Waals surface area contributed by atoms with Crippen molar-refractivity contribution in [3.05, 3.63) is 42.0 Å². The highest BCUT2D eigenvalue weighted by molar-refractivity contribution is 5.87. The van der Waals surface area contributed by atoms with Crippen LogP contribution in [0.4, 0.5) is 0 Å². The number of rotatable bonds is 8. The third-order valence-electron chi connectivity index (χ3n) is 5.07. The third-order valence-corrected chi connectivity index (χ3v) is 5.07. The zero-order valence-electron chi connectivity index (χ0n) is 15.2. The maximum absolute atomic E-state index is 9.35. The van der Waals surface area contributed by atoms with Crippen molar-refractivity contribution in [3.8, 4) is 5.75 Å². The van der Waals surface area contributed by atoms with Crippen LogP contribution in [-0.4, -0.2) is 49.4 Å². The molecule has 1 unspecified atom stereocenters. The standard InChI is InChI=1S/C21H30N2O2/c1-2-25-21-10-9-18-7-3-4-8-19(18)20(21)14-22-11-13-23-12-5-6-17(15-23)16-24/h3-4,7-10,17,22,24H,2,5-6,11-16H2,1H3. The highest BCUT2D eigenvalue weighted by Gasteiger charge is 2.18. The predicted octanol–water partition coefficient (Wildman–Crippen LogP) is 3.03. The Balaban J connectivity index is 1.59. The van der Waals surface area contributed by atoms with Crippen molar-refractivity contribution in [1.29, 1.82) is 0 Å². The molecular formula is C21H30N2O2. The fourth-order valence-electron chi connectivity index (χ4n) is 3.74. The quantitative estimate of drug-likeness (QED) is 0.724. The van der Waals surface area contributed by atoms with E-state index in [-0.39, 0.29) is 0 Å². The van der Waals surface area contributed by atoms with Crippen LogP contribution in [0.15, 0.2) is 36.4 Å². The normalized spacial score (nSPS) is 18.6. The molecule has 136 valence electrons. The number of aliphatic hydroxyl groups is 1. The molecule has 1 heterocycles. The van der Waals surface area contributed by atoms with Gasteiger partial charge in [-0.25, -0.2) is 0 Å². The van der Waals surface area contributed by atoms with E-state index in [1.165, 1.54) is 22.8 Å². The molecule has 1 aliphatic rings. The Morgan fingerprint density at radius 3 is 2.96 bits per heavy atom. The van der Waals surface area contributed by atoms with Crippen molar-refractivity contribution in [3.63, 3.8) is 0 Å². The molecule has 2 aromatic rings. The lowest BCUT2D eigenvalue weighted by molar-refractivity contribution is 0.121.